The highest BCUT2D eigenvalue weighted by Gasteiger charge is 2.26. The molecule has 10 nitrogen and oxygen atoms in total. The summed E-state index contributed by atoms with van der Waals surface area (Å²) in [4.78, 5) is 48.6. The Kier molecular flexibility index (Phi) is 10.5. The zero-order valence-corrected chi connectivity index (χ0v) is 30.5. The van der Waals surface area contributed by atoms with Gasteiger partial charge in [-0.15, -0.1) is 0 Å². The molecular formula is C37H28Br2F2N2O8. The van der Waals surface area contributed by atoms with E-state index in [2.05, 4.69) is 31.9 Å². The number of carbonyl (C=O) groups is 4. The summed E-state index contributed by atoms with van der Waals surface area (Å²) in [5, 5.41) is 29.4. The summed E-state index contributed by atoms with van der Waals surface area (Å²) in [7, 11) is 0. The molecule has 2 aromatic heterocycles. The van der Waals surface area contributed by atoms with Gasteiger partial charge in [-0.25, -0.2) is 8.78 Å². The van der Waals surface area contributed by atoms with Crippen molar-refractivity contribution in [3.05, 3.63) is 121 Å². The van der Waals surface area contributed by atoms with Gasteiger partial charge < -0.3 is 20.1 Å². The van der Waals surface area contributed by atoms with Crippen molar-refractivity contribution in [2.24, 2.45) is 0 Å². The summed E-state index contributed by atoms with van der Waals surface area (Å²) in [5.74, 6) is -5.20. The van der Waals surface area contributed by atoms with E-state index in [0.29, 0.717) is 38.9 Å². The second-order valence-corrected chi connectivity index (χ2v) is 13.3. The summed E-state index contributed by atoms with van der Waals surface area (Å²) in [6.07, 6.45) is -0.339. The van der Waals surface area contributed by atoms with E-state index < -0.39 is 46.9 Å². The van der Waals surface area contributed by atoms with Crippen LogP contribution in [0.5, 0.6) is 17.2 Å². The van der Waals surface area contributed by atoms with E-state index in [0.717, 1.165) is 27.1 Å². The Morgan fingerprint density at radius 1 is 0.745 bits per heavy atom. The van der Waals surface area contributed by atoms with Crippen LogP contribution in [-0.2, 0) is 16.0 Å². The number of halogens is 4. The van der Waals surface area contributed by atoms with Crippen molar-refractivity contribution >= 4 is 77.4 Å². The van der Waals surface area contributed by atoms with Gasteiger partial charge in [0.15, 0.2) is 28.9 Å². The second kappa shape index (κ2) is 14.5. The van der Waals surface area contributed by atoms with E-state index in [4.69, 9.17) is 9.84 Å². The van der Waals surface area contributed by atoms with Crippen LogP contribution in [-0.4, -0.2) is 48.2 Å². The average Bonchev–Trinajstić information content (AvgIpc) is 3.48. The van der Waals surface area contributed by atoms with Gasteiger partial charge in [0, 0.05) is 55.8 Å². The molecule has 14 heteroatoms. The minimum absolute atomic E-state index is 0.130. The Labute approximate surface area is 305 Å². The molecule has 0 aliphatic rings. The van der Waals surface area contributed by atoms with Crippen LogP contribution in [0, 0.1) is 32.4 Å². The van der Waals surface area contributed by atoms with Crippen LogP contribution in [0.25, 0.3) is 21.8 Å². The first kappa shape index (κ1) is 36.9. The summed E-state index contributed by atoms with van der Waals surface area (Å²) in [5.41, 5.74) is 2.50. The average molecular weight is 826 g/mol. The number of rotatable bonds is 5. The minimum Gasteiger partial charge on any atom is -0.505 e. The Hall–Kier alpha value is -5.34. The fourth-order valence-corrected chi connectivity index (χ4v) is 6.30. The van der Waals surface area contributed by atoms with E-state index >= 15 is 0 Å². The molecule has 0 fully saturated rings. The summed E-state index contributed by atoms with van der Waals surface area (Å²) < 4.78 is 37.4. The predicted octanol–water partition coefficient (Wildman–Crippen LogP) is 8.35. The van der Waals surface area contributed by atoms with Gasteiger partial charge in [0.1, 0.15) is 0 Å². The molecule has 0 aliphatic carbocycles. The molecule has 262 valence electrons. The van der Waals surface area contributed by atoms with Crippen molar-refractivity contribution in [3.8, 4) is 17.2 Å². The Morgan fingerprint density at radius 2 is 1.24 bits per heavy atom. The number of carbonyl (C=O) groups excluding carboxylic acids is 3. The van der Waals surface area contributed by atoms with E-state index in [1.807, 2.05) is 0 Å². The van der Waals surface area contributed by atoms with Crippen LogP contribution < -0.4 is 4.74 Å². The molecule has 6 rings (SSSR count). The first-order valence-electron chi connectivity index (χ1n) is 15.1. The summed E-state index contributed by atoms with van der Waals surface area (Å²) >= 11 is 6.60. The Balaban J connectivity index is 0.000000198. The zero-order valence-electron chi connectivity index (χ0n) is 27.3. The first-order valence-corrected chi connectivity index (χ1v) is 16.7. The first-order chi connectivity index (χ1) is 24.0. The van der Waals surface area contributed by atoms with Crippen LogP contribution in [0.1, 0.15) is 50.2 Å². The molecule has 0 unspecified atom stereocenters. The summed E-state index contributed by atoms with van der Waals surface area (Å²) in [6, 6.07) is 16.6. The maximum Gasteiger partial charge on any atom is 0.308 e. The number of aryl methyl sites for hydroxylation is 1. The van der Waals surface area contributed by atoms with Crippen molar-refractivity contribution in [1.82, 2.24) is 9.13 Å². The van der Waals surface area contributed by atoms with Crippen LogP contribution in [0.2, 0.25) is 0 Å². The number of aromatic hydroxyl groups is 2. The molecule has 51 heavy (non-hydrogen) atoms. The smallest absolute Gasteiger partial charge is 0.308 e. The van der Waals surface area contributed by atoms with E-state index in [-0.39, 0.29) is 28.8 Å². The van der Waals surface area contributed by atoms with E-state index in [1.165, 1.54) is 23.0 Å². The highest BCUT2D eigenvalue weighted by atomic mass is 79.9. The molecule has 3 N–H and O–H groups in total. The molecule has 0 amide bonds. The van der Waals surface area contributed by atoms with Gasteiger partial charge in [-0.1, -0.05) is 31.9 Å². The standard InChI is InChI=1S/C19H15BrFNO4.C18H13BrFNO4/c1-9-16-15(8-14(21)17(9)24)22(10(2)18(16)26-11(3)23)19(25)12-4-6-13(20)7-5-12;1-9-12(7-17(23)24)13-6-16(22)14(20)8-15(13)21(9)18(25)10-2-4-11(19)5-3-10/h4-8,24H,1-3H3;2-6,8,22H,7H2,1H3,(H,23,24). The number of carboxylic acid groups (broad SMARTS) is 1. The highest BCUT2D eigenvalue weighted by molar-refractivity contribution is 9.10. The molecule has 0 saturated carbocycles. The fraction of sp³-hybridized carbons (Fsp3) is 0.135. The molecule has 0 aliphatic heterocycles. The van der Waals surface area contributed by atoms with Gasteiger partial charge in [-0.3, -0.25) is 28.3 Å². The lowest BCUT2D eigenvalue weighted by Gasteiger charge is -2.08. The van der Waals surface area contributed by atoms with E-state index in [1.54, 1.807) is 62.4 Å². The number of aliphatic carboxylic acids is 1. The number of ether oxygens (including phenoxy) is 1. The number of benzene rings is 4. The van der Waals surface area contributed by atoms with Crippen molar-refractivity contribution in [3.63, 3.8) is 0 Å². The number of aromatic nitrogens is 2. The largest absolute Gasteiger partial charge is 0.505 e. The van der Waals surface area contributed by atoms with Crippen LogP contribution in [0.15, 0.2) is 75.7 Å². The van der Waals surface area contributed by atoms with Gasteiger partial charge in [-0.05, 0) is 80.9 Å². The number of hydrogen-bond donors (Lipinski definition) is 3. The lowest BCUT2D eigenvalue weighted by atomic mass is 10.1. The monoisotopic (exact) mass is 824 g/mol. The molecule has 0 spiro atoms. The third-order valence-electron chi connectivity index (χ3n) is 8.17. The van der Waals surface area contributed by atoms with Crippen molar-refractivity contribution in [2.75, 3.05) is 0 Å². The normalized spacial score (nSPS) is 11.0. The molecule has 0 saturated heterocycles. The van der Waals surface area contributed by atoms with Crippen molar-refractivity contribution in [2.45, 2.75) is 34.1 Å². The van der Waals surface area contributed by atoms with Gasteiger partial charge in [0.2, 0.25) is 0 Å². The van der Waals surface area contributed by atoms with Crippen molar-refractivity contribution < 1.29 is 48.0 Å². The number of carboxylic acids is 1. The summed E-state index contributed by atoms with van der Waals surface area (Å²) in [6.45, 7) is 5.94. The lowest BCUT2D eigenvalue weighted by Crippen LogP contribution is -2.14. The Bertz CT molecular complexity index is 2400. The van der Waals surface area contributed by atoms with Crippen LogP contribution >= 0.6 is 31.9 Å². The number of phenols is 2. The number of nitrogens with zero attached hydrogens (tertiary/aromatic N) is 2. The van der Waals surface area contributed by atoms with Gasteiger partial charge >= 0.3 is 11.9 Å². The quantitative estimate of drug-likeness (QED) is 0.147. The molecule has 6 aromatic rings. The number of esters is 1. The molecule has 4 aromatic carbocycles. The highest BCUT2D eigenvalue weighted by Crippen LogP contribution is 2.40. The third-order valence-corrected chi connectivity index (χ3v) is 9.23. The van der Waals surface area contributed by atoms with E-state index in [9.17, 15) is 38.2 Å². The number of hydrogen-bond acceptors (Lipinski definition) is 7. The zero-order chi connectivity index (χ0) is 37.5. The van der Waals surface area contributed by atoms with Gasteiger partial charge in [0.25, 0.3) is 11.8 Å². The lowest BCUT2D eigenvalue weighted by molar-refractivity contribution is -0.136. The molecule has 0 radical (unpaired) electrons. The third kappa shape index (κ3) is 7.14. The molecule has 2 heterocycles. The molecule has 0 bridgehead atoms. The SMILES string of the molecule is CC(=O)Oc1c(C)n(C(=O)c2ccc(Br)cc2)c2cc(F)c(O)c(C)c12.Cc1c(CC(=O)O)c2cc(O)c(F)cc2n1C(=O)c1ccc(Br)cc1. The Morgan fingerprint density at radius 3 is 1.73 bits per heavy atom. The van der Waals surface area contributed by atoms with Crippen molar-refractivity contribution in [1.29, 1.82) is 0 Å². The number of fused-ring (bicyclic) bond motifs is 2. The maximum absolute atomic E-state index is 14.1. The second-order valence-electron chi connectivity index (χ2n) is 11.5. The topological polar surface area (TPSA) is 148 Å². The maximum atomic E-state index is 14.1. The molecule has 0 atom stereocenters. The number of phenolic OH excluding ortho intramolecular Hbond substituents is 2. The van der Waals surface area contributed by atoms with Crippen LogP contribution in [0.3, 0.4) is 0 Å². The van der Waals surface area contributed by atoms with Crippen LogP contribution in [0.4, 0.5) is 8.78 Å². The predicted molar refractivity (Wildman–Crippen MR) is 192 cm³/mol. The fourth-order valence-electron chi connectivity index (χ4n) is 5.77. The van der Waals surface area contributed by atoms with Gasteiger partial charge in [0.05, 0.1) is 28.5 Å². The molecular weight excluding hydrogens is 798 g/mol. The van der Waals surface area contributed by atoms with Gasteiger partial charge in [-0.2, -0.15) is 0 Å². The minimum atomic E-state index is -1.08.